The summed E-state index contributed by atoms with van der Waals surface area (Å²) in [5.41, 5.74) is 0. The first kappa shape index (κ1) is 12.0. The summed E-state index contributed by atoms with van der Waals surface area (Å²) in [4.78, 5) is 24.7. The molecule has 2 aromatic heterocycles. The molecule has 2 aromatic rings. The van der Waals surface area contributed by atoms with Gasteiger partial charge in [-0.05, 0) is 30.0 Å². The first-order valence-corrected chi connectivity index (χ1v) is 6.75. The van der Waals surface area contributed by atoms with E-state index in [9.17, 15) is 9.59 Å². The van der Waals surface area contributed by atoms with E-state index in [2.05, 4.69) is 0 Å². The molecule has 0 bridgehead atoms. The molecule has 0 aromatic carbocycles. The van der Waals surface area contributed by atoms with E-state index in [-0.39, 0.29) is 12.2 Å². The number of hydrogen-bond donors (Lipinski definition) is 1. The Kier molecular flexibility index (Phi) is 3.71. The Labute approximate surface area is 106 Å². The summed E-state index contributed by atoms with van der Waals surface area (Å²) in [6.07, 6.45) is 0.588. The number of rotatable bonds is 5. The molecular formula is C12H10O3S2. The third-order valence-electron chi connectivity index (χ3n) is 2.22. The van der Waals surface area contributed by atoms with Gasteiger partial charge in [-0.3, -0.25) is 9.59 Å². The van der Waals surface area contributed by atoms with Crippen LogP contribution in [0.3, 0.4) is 0 Å². The minimum Gasteiger partial charge on any atom is -0.481 e. The molecule has 0 aliphatic heterocycles. The second-order valence-corrected chi connectivity index (χ2v) is 5.58. The lowest BCUT2D eigenvalue weighted by Crippen LogP contribution is -1.96. The molecule has 3 nitrogen and oxygen atoms in total. The van der Waals surface area contributed by atoms with Crippen LogP contribution < -0.4 is 0 Å². The fourth-order valence-electron chi connectivity index (χ4n) is 1.39. The van der Waals surface area contributed by atoms with Gasteiger partial charge in [0.2, 0.25) is 5.78 Å². The fourth-order valence-corrected chi connectivity index (χ4v) is 3.10. The van der Waals surface area contributed by atoms with Crippen molar-refractivity contribution in [2.45, 2.75) is 12.8 Å². The molecule has 0 amide bonds. The number of hydrogen-bond acceptors (Lipinski definition) is 4. The van der Waals surface area contributed by atoms with E-state index in [1.54, 1.807) is 12.1 Å². The zero-order chi connectivity index (χ0) is 12.3. The molecule has 2 heterocycles. The minimum absolute atomic E-state index is 0.0200. The average molecular weight is 266 g/mol. The van der Waals surface area contributed by atoms with Crippen molar-refractivity contribution in [3.8, 4) is 0 Å². The Morgan fingerprint density at radius 1 is 1.18 bits per heavy atom. The summed E-state index contributed by atoms with van der Waals surface area (Å²) in [5.74, 6) is -0.795. The molecule has 0 fully saturated rings. The van der Waals surface area contributed by atoms with Crippen LogP contribution in [0.25, 0.3) is 0 Å². The molecule has 0 saturated carbocycles. The van der Waals surface area contributed by atoms with Gasteiger partial charge in [0.15, 0.2) is 0 Å². The van der Waals surface area contributed by atoms with Crippen LogP contribution in [0, 0.1) is 0 Å². The molecule has 1 N–H and O–H groups in total. The molecule has 5 heteroatoms. The average Bonchev–Trinajstić information content (AvgIpc) is 2.97. The number of ketones is 1. The van der Waals surface area contributed by atoms with E-state index in [0.717, 1.165) is 9.75 Å². The summed E-state index contributed by atoms with van der Waals surface area (Å²) < 4.78 is 0. The highest BCUT2D eigenvalue weighted by molar-refractivity contribution is 7.16. The summed E-state index contributed by atoms with van der Waals surface area (Å²) in [7, 11) is 0. The smallest absolute Gasteiger partial charge is 0.303 e. The van der Waals surface area contributed by atoms with E-state index in [4.69, 9.17) is 5.11 Å². The van der Waals surface area contributed by atoms with Crippen molar-refractivity contribution in [3.05, 3.63) is 44.3 Å². The van der Waals surface area contributed by atoms with E-state index in [1.807, 2.05) is 17.5 Å². The van der Waals surface area contributed by atoms with Gasteiger partial charge in [-0.15, -0.1) is 22.7 Å². The second kappa shape index (κ2) is 5.25. The van der Waals surface area contributed by atoms with Gasteiger partial charge < -0.3 is 5.11 Å². The Hall–Kier alpha value is -1.46. The van der Waals surface area contributed by atoms with E-state index >= 15 is 0 Å². The van der Waals surface area contributed by atoms with Crippen LogP contribution >= 0.6 is 22.7 Å². The van der Waals surface area contributed by atoms with Crippen molar-refractivity contribution in [2.75, 3.05) is 0 Å². The number of aryl methyl sites for hydroxylation is 1. The van der Waals surface area contributed by atoms with Crippen molar-refractivity contribution >= 4 is 34.4 Å². The molecule has 0 saturated heterocycles. The summed E-state index contributed by atoms with van der Waals surface area (Å²) in [5, 5.41) is 10.4. The van der Waals surface area contributed by atoms with Crippen LogP contribution in [0.2, 0.25) is 0 Å². The second-order valence-electron chi connectivity index (χ2n) is 3.47. The Morgan fingerprint density at radius 3 is 2.65 bits per heavy atom. The number of carbonyl (C=O) groups excluding carboxylic acids is 1. The lowest BCUT2D eigenvalue weighted by Gasteiger charge is -1.93. The van der Waals surface area contributed by atoms with E-state index < -0.39 is 5.97 Å². The Bertz CT molecular complexity index is 526. The number of aliphatic carboxylic acids is 1. The zero-order valence-electron chi connectivity index (χ0n) is 8.88. The van der Waals surface area contributed by atoms with Gasteiger partial charge in [-0.1, -0.05) is 6.07 Å². The van der Waals surface area contributed by atoms with Crippen molar-refractivity contribution in [3.63, 3.8) is 0 Å². The molecule has 0 spiro atoms. The third-order valence-corrected chi connectivity index (χ3v) is 4.23. The number of thiophene rings is 2. The van der Waals surface area contributed by atoms with Crippen molar-refractivity contribution in [1.82, 2.24) is 0 Å². The fraction of sp³-hybridized carbons (Fsp3) is 0.167. The lowest BCUT2D eigenvalue weighted by atomic mass is 10.2. The SMILES string of the molecule is O=C(O)CCc1ccc(C(=O)c2cccs2)s1. The van der Waals surface area contributed by atoms with Gasteiger partial charge >= 0.3 is 5.97 Å². The summed E-state index contributed by atoms with van der Waals surface area (Å²) >= 11 is 2.79. The first-order chi connectivity index (χ1) is 8.16. The molecular weight excluding hydrogens is 256 g/mol. The van der Waals surface area contributed by atoms with Crippen molar-refractivity contribution in [2.24, 2.45) is 0 Å². The van der Waals surface area contributed by atoms with Crippen LogP contribution in [-0.4, -0.2) is 16.9 Å². The maximum Gasteiger partial charge on any atom is 0.303 e. The predicted molar refractivity (Wildman–Crippen MR) is 68.0 cm³/mol. The highest BCUT2D eigenvalue weighted by Gasteiger charge is 2.12. The number of carboxylic acid groups (broad SMARTS) is 1. The van der Waals surface area contributed by atoms with Crippen LogP contribution in [0.15, 0.2) is 29.6 Å². The number of carboxylic acids is 1. The standard InChI is InChI=1S/C12H10O3S2/c13-11(14)6-4-8-3-5-10(17-8)12(15)9-2-1-7-16-9/h1-3,5,7H,4,6H2,(H,13,14). The first-order valence-electron chi connectivity index (χ1n) is 5.05. The van der Waals surface area contributed by atoms with E-state index in [0.29, 0.717) is 11.3 Å². The molecule has 0 aliphatic rings. The molecule has 0 radical (unpaired) electrons. The van der Waals surface area contributed by atoms with Crippen molar-refractivity contribution in [1.29, 1.82) is 0 Å². The Balaban J connectivity index is 2.08. The predicted octanol–water partition coefficient (Wildman–Crippen LogP) is 3.06. The molecule has 88 valence electrons. The minimum atomic E-state index is -0.815. The van der Waals surface area contributed by atoms with Crippen LogP contribution in [-0.2, 0) is 11.2 Å². The third kappa shape index (κ3) is 3.01. The monoisotopic (exact) mass is 266 g/mol. The molecule has 0 unspecified atom stereocenters. The summed E-state index contributed by atoms with van der Waals surface area (Å²) in [6, 6.07) is 7.23. The maximum atomic E-state index is 12.0. The molecule has 0 aliphatic carbocycles. The molecule has 2 rings (SSSR count). The van der Waals surface area contributed by atoms with E-state index in [1.165, 1.54) is 22.7 Å². The van der Waals surface area contributed by atoms with Gasteiger partial charge in [0.05, 0.1) is 16.2 Å². The van der Waals surface area contributed by atoms with Crippen LogP contribution in [0.4, 0.5) is 0 Å². The van der Waals surface area contributed by atoms with Crippen LogP contribution in [0.5, 0.6) is 0 Å². The van der Waals surface area contributed by atoms with Gasteiger partial charge in [0.1, 0.15) is 0 Å². The van der Waals surface area contributed by atoms with Gasteiger partial charge in [-0.25, -0.2) is 0 Å². The normalized spacial score (nSPS) is 10.4. The highest BCUT2D eigenvalue weighted by atomic mass is 32.1. The zero-order valence-corrected chi connectivity index (χ0v) is 10.5. The highest BCUT2D eigenvalue weighted by Crippen LogP contribution is 2.23. The van der Waals surface area contributed by atoms with Gasteiger partial charge in [-0.2, -0.15) is 0 Å². The quantitative estimate of drug-likeness (QED) is 0.846. The maximum absolute atomic E-state index is 12.0. The lowest BCUT2D eigenvalue weighted by molar-refractivity contribution is -0.136. The molecule has 17 heavy (non-hydrogen) atoms. The van der Waals surface area contributed by atoms with Gasteiger partial charge in [0.25, 0.3) is 0 Å². The number of carbonyl (C=O) groups is 2. The topological polar surface area (TPSA) is 54.4 Å². The molecule has 0 atom stereocenters. The largest absolute Gasteiger partial charge is 0.481 e. The Morgan fingerprint density at radius 2 is 2.00 bits per heavy atom. The van der Waals surface area contributed by atoms with Gasteiger partial charge in [0, 0.05) is 4.88 Å². The summed E-state index contributed by atoms with van der Waals surface area (Å²) in [6.45, 7) is 0. The van der Waals surface area contributed by atoms with Crippen LogP contribution in [0.1, 0.15) is 25.8 Å². The van der Waals surface area contributed by atoms with Crippen molar-refractivity contribution < 1.29 is 14.7 Å².